The van der Waals surface area contributed by atoms with Crippen LogP contribution in [0.5, 0.6) is 0 Å². The third-order valence-corrected chi connectivity index (χ3v) is 4.38. The van der Waals surface area contributed by atoms with E-state index in [0.29, 0.717) is 6.42 Å². The van der Waals surface area contributed by atoms with Crippen molar-refractivity contribution in [2.45, 2.75) is 25.3 Å². The fourth-order valence-electron chi connectivity index (χ4n) is 1.99. The van der Waals surface area contributed by atoms with Crippen LogP contribution in [0.1, 0.15) is 23.8 Å². The summed E-state index contributed by atoms with van der Waals surface area (Å²) < 4.78 is 14.1. The first-order valence-corrected chi connectivity index (χ1v) is 7.02. The van der Waals surface area contributed by atoms with Crippen LogP contribution in [-0.2, 0) is 12.0 Å². The number of nitrogens with two attached hydrogens (primary N) is 1. The van der Waals surface area contributed by atoms with Crippen molar-refractivity contribution in [1.29, 1.82) is 0 Å². The standard InChI is InChI=1S/C14H15ClFNS/c1-2-14(17,9-12-6-7-13(15)18-12)10-4-3-5-11(16)8-10/h3-8H,2,9,17H2,1H3. The summed E-state index contributed by atoms with van der Waals surface area (Å²) in [6, 6.07) is 10.4. The van der Waals surface area contributed by atoms with Crippen LogP contribution in [0, 0.1) is 5.82 Å². The fraction of sp³-hybridized carbons (Fsp3) is 0.286. The summed E-state index contributed by atoms with van der Waals surface area (Å²) in [6.45, 7) is 2.01. The minimum atomic E-state index is -0.545. The molecule has 1 aromatic heterocycles. The highest BCUT2D eigenvalue weighted by molar-refractivity contribution is 7.16. The molecule has 2 aromatic rings. The molecular weight excluding hydrogens is 269 g/mol. The van der Waals surface area contributed by atoms with Gasteiger partial charge in [0.15, 0.2) is 0 Å². The lowest BCUT2D eigenvalue weighted by molar-refractivity contribution is 0.425. The van der Waals surface area contributed by atoms with Crippen LogP contribution < -0.4 is 5.73 Å². The monoisotopic (exact) mass is 283 g/mol. The summed E-state index contributed by atoms with van der Waals surface area (Å²) in [6.07, 6.45) is 1.41. The second kappa shape index (κ2) is 5.39. The van der Waals surface area contributed by atoms with E-state index in [0.717, 1.165) is 21.2 Å². The van der Waals surface area contributed by atoms with Crippen molar-refractivity contribution < 1.29 is 4.39 Å². The fourth-order valence-corrected chi connectivity index (χ4v) is 3.20. The molecule has 0 radical (unpaired) electrons. The van der Waals surface area contributed by atoms with Gasteiger partial charge < -0.3 is 5.73 Å². The molecule has 4 heteroatoms. The maximum atomic E-state index is 13.3. The highest BCUT2D eigenvalue weighted by Gasteiger charge is 2.26. The Morgan fingerprint density at radius 3 is 2.67 bits per heavy atom. The molecule has 0 aliphatic rings. The van der Waals surface area contributed by atoms with Crippen molar-refractivity contribution in [2.75, 3.05) is 0 Å². The third-order valence-electron chi connectivity index (χ3n) is 3.15. The highest BCUT2D eigenvalue weighted by Crippen LogP contribution is 2.31. The summed E-state index contributed by atoms with van der Waals surface area (Å²) in [5, 5.41) is 0. The topological polar surface area (TPSA) is 26.0 Å². The Morgan fingerprint density at radius 1 is 1.33 bits per heavy atom. The van der Waals surface area contributed by atoms with Crippen LogP contribution in [0.25, 0.3) is 0 Å². The summed E-state index contributed by atoms with van der Waals surface area (Å²) >= 11 is 7.44. The molecular formula is C14H15ClFNS. The zero-order chi connectivity index (χ0) is 13.2. The molecule has 1 atom stereocenters. The molecule has 1 nitrogen and oxygen atoms in total. The SMILES string of the molecule is CCC(N)(Cc1ccc(Cl)s1)c1cccc(F)c1. The van der Waals surface area contributed by atoms with Crippen molar-refractivity contribution in [3.05, 3.63) is 57.0 Å². The number of halogens is 2. The maximum absolute atomic E-state index is 13.3. The van der Waals surface area contributed by atoms with Crippen LogP contribution in [0.15, 0.2) is 36.4 Å². The predicted molar refractivity (Wildman–Crippen MR) is 75.6 cm³/mol. The molecule has 1 aromatic carbocycles. The van der Waals surface area contributed by atoms with Gasteiger partial charge in [0.2, 0.25) is 0 Å². The number of benzene rings is 1. The third kappa shape index (κ3) is 2.91. The number of hydrogen-bond donors (Lipinski definition) is 1. The van der Waals surface area contributed by atoms with Gasteiger partial charge in [-0.2, -0.15) is 0 Å². The molecule has 96 valence electrons. The van der Waals surface area contributed by atoms with Gasteiger partial charge in [-0.25, -0.2) is 4.39 Å². The lowest BCUT2D eigenvalue weighted by atomic mass is 9.84. The first-order valence-electron chi connectivity index (χ1n) is 5.82. The summed E-state index contributed by atoms with van der Waals surface area (Å²) in [5.41, 5.74) is 6.71. The van der Waals surface area contributed by atoms with Gasteiger partial charge in [-0.3, -0.25) is 0 Å². The number of hydrogen-bond acceptors (Lipinski definition) is 2. The molecule has 1 heterocycles. The van der Waals surface area contributed by atoms with Gasteiger partial charge in [0.25, 0.3) is 0 Å². The summed E-state index contributed by atoms with van der Waals surface area (Å²) in [4.78, 5) is 1.12. The molecule has 2 N–H and O–H groups in total. The largest absolute Gasteiger partial charge is 0.321 e. The normalized spacial score (nSPS) is 14.4. The van der Waals surface area contributed by atoms with Gasteiger partial charge in [-0.15, -0.1) is 11.3 Å². The van der Waals surface area contributed by atoms with E-state index in [1.165, 1.54) is 23.5 Å². The Morgan fingerprint density at radius 2 is 2.11 bits per heavy atom. The van der Waals surface area contributed by atoms with Crippen LogP contribution >= 0.6 is 22.9 Å². The summed E-state index contributed by atoms with van der Waals surface area (Å²) in [7, 11) is 0. The first kappa shape index (κ1) is 13.5. The molecule has 0 aliphatic carbocycles. The quantitative estimate of drug-likeness (QED) is 0.887. The summed E-state index contributed by atoms with van der Waals surface area (Å²) in [5.74, 6) is -0.250. The van der Waals surface area contributed by atoms with E-state index in [9.17, 15) is 4.39 Å². The Labute approximate surface area is 115 Å². The Hall–Kier alpha value is -0.900. The lowest BCUT2D eigenvalue weighted by Crippen LogP contribution is -2.38. The molecule has 0 spiro atoms. The zero-order valence-corrected chi connectivity index (χ0v) is 11.7. The van der Waals surface area contributed by atoms with E-state index >= 15 is 0 Å². The van der Waals surface area contributed by atoms with Gasteiger partial charge in [-0.1, -0.05) is 30.7 Å². The molecule has 0 bridgehead atoms. The average molecular weight is 284 g/mol. The molecule has 0 saturated carbocycles. The van der Waals surface area contributed by atoms with E-state index in [4.69, 9.17) is 17.3 Å². The minimum Gasteiger partial charge on any atom is -0.321 e. The van der Waals surface area contributed by atoms with Crippen molar-refractivity contribution in [2.24, 2.45) is 5.73 Å². The second-order valence-corrected chi connectivity index (χ2v) is 6.20. The predicted octanol–water partition coefficient (Wildman–Crippen LogP) is 4.35. The first-order chi connectivity index (χ1) is 8.53. The lowest BCUT2D eigenvalue weighted by Gasteiger charge is -2.28. The van der Waals surface area contributed by atoms with Gasteiger partial charge in [0.1, 0.15) is 5.82 Å². The van der Waals surface area contributed by atoms with E-state index in [2.05, 4.69) is 0 Å². The maximum Gasteiger partial charge on any atom is 0.123 e. The van der Waals surface area contributed by atoms with E-state index in [-0.39, 0.29) is 5.82 Å². The highest BCUT2D eigenvalue weighted by atomic mass is 35.5. The van der Waals surface area contributed by atoms with Crippen LogP contribution in [0.4, 0.5) is 4.39 Å². The molecule has 1 unspecified atom stereocenters. The number of thiophene rings is 1. The minimum absolute atomic E-state index is 0.250. The molecule has 2 rings (SSSR count). The van der Waals surface area contributed by atoms with Gasteiger partial charge in [0, 0.05) is 16.8 Å². The van der Waals surface area contributed by atoms with Gasteiger partial charge in [0.05, 0.1) is 4.34 Å². The van der Waals surface area contributed by atoms with E-state index in [1.54, 1.807) is 6.07 Å². The molecule has 0 saturated heterocycles. The van der Waals surface area contributed by atoms with Crippen LogP contribution in [0.3, 0.4) is 0 Å². The van der Waals surface area contributed by atoms with E-state index < -0.39 is 5.54 Å². The van der Waals surface area contributed by atoms with Crippen molar-refractivity contribution in [3.63, 3.8) is 0 Å². The van der Waals surface area contributed by atoms with Crippen molar-refractivity contribution in [3.8, 4) is 0 Å². The Balaban J connectivity index is 2.30. The second-order valence-electron chi connectivity index (χ2n) is 4.40. The number of rotatable bonds is 4. The van der Waals surface area contributed by atoms with Gasteiger partial charge >= 0.3 is 0 Å². The van der Waals surface area contributed by atoms with E-state index in [1.807, 2.05) is 25.1 Å². The molecule has 0 fully saturated rings. The Bertz CT molecular complexity index is 540. The average Bonchev–Trinajstić information content (AvgIpc) is 2.74. The van der Waals surface area contributed by atoms with Crippen molar-refractivity contribution >= 4 is 22.9 Å². The zero-order valence-electron chi connectivity index (χ0n) is 10.1. The Kier molecular flexibility index (Phi) is 4.05. The van der Waals surface area contributed by atoms with Crippen molar-refractivity contribution in [1.82, 2.24) is 0 Å². The molecule has 18 heavy (non-hydrogen) atoms. The van der Waals surface area contributed by atoms with Crippen LogP contribution in [-0.4, -0.2) is 0 Å². The molecule has 0 aliphatic heterocycles. The van der Waals surface area contributed by atoms with Gasteiger partial charge in [-0.05, 0) is 36.2 Å². The van der Waals surface area contributed by atoms with Crippen LogP contribution in [0.2, 0.25) is 4.34 Å². The smallest absolute Gasteiger partial charge is 0.123 e. The molecule has 0 amide bonds.